The highest BCUT2D eigenvalue weighted by molar-refractivity contribution is 14.1. The molecule has 2 rings (SSSR count). The second kappa shape index (κ2) is 6.98. The zero-order valence-corrected chi connectivity index (χ0v) is 16.0. The number of hydrogen-bond donors (Lipinski definition) is 0. The lowest BCUT2D eigenvalue weighted by Gasteiger charge is -2.16. The quantitative estimate of drug-likeness (QED) is 0.273. The van der Waals surface area contributed by atoms with Gasteiger partial charge in [-0.15, -0.1) is 0 Å². The molecule has 0 fully saturated rings. The largest absolute Gasteiger partial charge is 0.417 e. The molecule has 0 radical (unpaired) electrons. The van der Waals surface area contributed by atoms with E-state index in [0.717, 1.165) is 12.1 Å². The van der Waals surface area contributed by atoms with Crippen LogP contribution in [0, 0.1) is 7.14 Å². The number of halogens is 8. The summed E-state index contributed by atoms with van der Waals surface area (Å²) in [6.07, 6.45) is -9.27. The van der Waals surface area contributed by atoms with Crippen molar-refractivity contribution in [1.29, 1.82) is 0 Å². The molecule has 0 saturated carbocycles. The maximum atomic E-state index is 13.1. The fraction of sp³-hybridized carbons (Fsp3) is 0.143. The summed E-state index contributed by atoms with van der Waals surface area (Å²) in [5.41, 5.74) is -1.89. The van der Waals surface area contributed by atoms with E-state index in [1.165, 1.54) is 24.3 Å². The Kier molecular flexibility index (Phi) is 5.82. The number of hydrogen-bond acceptors (Lipinski definition) is 1. The van der Waals surface area contributed by atoms with Crippen molar-refractivity contribution < 1.29 is 26.3 Å². The average molecular weight is 574 g/mol. The van der Waals surface area contributed by atoms with E-state index in [2.05, 4.69) is 0 Å². The Morgan fingerprint density at radius 2 is 1.00 bits per heavy atom. The van der Waals surface area contributed by atoms with Crippen LogP contribution in [0.15, 0.2) is 46.2 Å². The predicted molar refractivity (Wildman–Crippen MR) is 92.4 cm³/mol. The summed E-state index contributed by atoms with van der Waals surface area (Å²) < 4.78 is 79.3. The maximum absolute atomic E-state index is 13.1. The van der Waals surface area contributed by atoms with E-state index in [4.69, 9.17) is 0 Å². The van der Waals surface area contributed by atoms with Gasteiger partial charge in [-0.1, -0.05) is 11.8 Å². The third-order valence-corrected chi connectivity index (χ3v) is 5.21. The number of alkyl halides is 6. The van der Waals surface area contributed by atoms with Gasteiger partial charge in [0.1, 0.15) is 0 Å². The fourth-order valence-electron chi connectivity index (χ4n) is 1.74. The lowest BCUT2D eigenvalue weighted by Crippen LogP contribution is -2.09. The Labute approximate surface area is 159 Å². The molecule has 0 aliphatic heterocycles. The summed E-state index contributed by atoms with van der Waals surface area (Å²) in [6, 6.07) is 7.07. The summed E-state index contributed by atoms with van der Waals surface area (Å²) in [5, 5.41) is 0. The molecule has 2 aromatic rings. The van der Waals surface area contributed by atoms with Crippen molar-refractivity contribution in [2.24, 2.45) is 0 Å². The Morgan fingerprint density at radius 3 is 1.30 bits per heavy atom. The molecule has 0 nitrogen and oxygen atoms in total. The van der Waals surface area contributed by atoms with Gasteiger partial charge in [-0.3, -0.25) is 0 Å². The summed E-state index contributed by atoms with van der Waals surface area (Å²) >= 11 is 3.92. The predicted octanol–water partition coefficient (Wildman–Crippen LogP) is 7.08. The van der Waals surface area contributed by atoms with Gasteiger partial charge in [-0.05, 0) is 81.6 Å². The van der Waals surface area contributed by atoms with Crippen molar-refractivity contribution in [1.82, 2.24) is 0 Å². The third-order valence-electron chi connectivity index (χ3n) is 2.71. The summed E-state index contributed by atoms with van der Waals surface area (Å²) in [4.78, 5) is -0.519. The molecule has 0 N–H and O–H groups in total. The summed E-state index contributed by atoms with van der Waals surface area (Å²) in [5.74, 6) is 0. The monoisotopic (exact) mass is 574 g/mol. The molecule has 0 saturated heterocycles. The van der Waals surface area contributed by atoms with Crippen LogP contribution in [-0.2, 0) is 12.4 Å². The van der Waals surface area contributed by atoms with Crippen molar-refractivity contribution in [3.8, 4) is 0 Å². The first kappa shape index (κ1) is 19.2. The van der Waals surface area contributed by atoms with Crippen LogP contribution in [0.5, 0.6) is 0 Å². The first-order chi connectivity index (χ1) is 10.5. The molecule has 0 amide bonds. The van der Waals surface area contributed by atoms with Gasteiger partial charge >= 0.3 is 12.4 Å². The molecule has 0 bridgehead atoms. The lowest BCUT2D eigenvalue weighted by molar-refractivity contribution is -0.140. The van der Waals surface area contributed by atoms with Crippen LogP contribution in [0.4, 0.5) is 26.3 Å². The minimum Gasteiger partial charge on any atom is -0.166 e. The van der Waals surface area contributed by atoms with Crippen LogP contribution >= 0.6 is 56.9 Å². The SMILES string of the molecule is FC(F)(F)c1cc(I)ccc1Sc1ccc(I)cc1C(F)(F)F. The van der Waals surface area contributed by atoms with E-state index in [1.807, 2.05) is 0 Å². The third kappa shape index (κ3) is 4.91. The molecule has 124 valence electrons. The second-order valence-corrected chi connectivity index (χ2v) is 7.95. The molecule has 0 aliphatic rings. The van der Waals surface area contributed by atoms with Crippen LogP contribution in [0.3, 0.4) is 0 Å². The molecule has 0 spiro atoms. The topological polar surface area (TPSA) is 0 Å². The molecular weight excluding hydrogens is 568 g/mol. The van der Waals surface area contributed by atoms with Crippen LogP contribution in [0.2, 0.25) is 0 Å². The van der Waals surface area contributed by atoms with Crippen LogP contribution in [0.25, 0.3) is 0 Å². The van der Waals surface area contributed by atoms with Gasteiger partial charge in [0.25, 0.3) is 0 Å². The van der Waals surface area contributed by atoms with Gasteiger partial charge in [0, 0.05) is 16.9 Å². The Hall–Kier alpha value is -0.170. The summed E-state index contributed by atoms with van der Waals surface area (Å²) in [7, 11) is 0. The highest BCUT2D eigenvalue weighted by atomic mass is 127. The van der Waals surface area contributed by atoms with Crippen molar-refractivity contribution in [3.05, 3.63) is 54.7 Å². The highest BCUT2D eigenvalue weighted by Crippen LogP contribution is 2.44. The van der Waals surface area contributed by atoms with Gasteiger partial charge in [-0.25, -0.2) is 0 Å². The van der Waals surface area contributed by atoms with E-state index >= 15 is 0 Å². The molecular formula is C14H6F6I2S. The van der Waals surface area contributed by atoms with Gasteiger partial charge in [0.05, 0.1) is 11.1 Å². The normalized spacial score (nSPS) is 12.5. The first-order valence-electron chi connectivity index (χ1n) is 5.90. The minimum atomic E-state index is -4.63. The summed E-state index contributed by atoms with van der Waals surface area (Å²) in [6.45, 7) is 0. The second-order valence-electron chi connectivity index (χ2n) is 4.38. The molecule has 0 heterocycles. The molecule has 2 aromatic carbocycles. The molecule has 9 heteroatoms. The Bertz CT molecular complexity index is 663. The van der Waals surface area contributed by atoms with Crippen molar-refractivity contribution in [2.75, 3.05) is 0 Å². The molecule has 0 aromatic heterocycles. The van der Waals surface area contributed by atoms with E-state index in [9.17, 15) is 26.3 Å². The van der Waals surface area contributed by atoms with Crippen molar-refractivity contribution in [3.63, 3.8) is 0 Å². The molecule has 0 atom stereocenters. The van der Waals surface area contributed by atoms with Gasteiger partial charge in [0.15, 0.2) is 0 Å². The first-order valence-corrected chi connectivity index (χ1v) is 8.87. The standard InChI is InChI=1S/C14H6F6I2S/c15-13(16,17)9-5-7(21)1-3-11(9)23-12-4-2-8(22)6-10(12)14(18,19)20/h1-6H. The number of rotatable bonds is 2. The van der Waals surface area contributed by atoms with Crippen molar-refractivity contribution in [2.45, 2.75) is 22.1 Å². The van der Waals surface area contributed by atoms with E-state index in [1.54, 1.807) is 45.2 Å². The average Bonchev–Trinajstić information content (AvgIpc) is 2.40. The molecule has 23 heavy (non-hydrogen) atoms. The highest BCUT2D eigenvalue weighted by Gasteiger charge is 2.36. The van der Waals surface area contributed by atoms with Crippen LogP contribution in [-0.4, -0.2) is 0 Å². The van der Waals surface area contributed by atoms with Crippen LogP contribution < -0.4 is 0 Å². The van der Waals surface area contributed by atoms with Gasteiger partial charge < -0.3 is 0 Å². The van der Waals surface area contributed by atoms with E-state index in [-0.39, 0.29) is 9.79 Å². The van der Waals surface area contributed by atoms with Gasteiger partial charge in [0.2, 0.25) is 0 Å². The van der Waals surface area contributed by atoms with Gasteiger partial charge in [-0.2, -0.15) is 26.3 Å². The zero-order valence-electron chi connectivity index (χ0n) is 10.9. The Morgan fingerprint density at radius 1 is 0.652 bits per heavy atom. The minimum absolute atomic E-state index is 0.260. The number of benzene rings is 2. The van der Waals surface area contributed by atoms with E-state index in [0.29, 0.717) is 18.9 Å². The molecule has 0 unspecified atom stereocenters. The fourth-order valence-corrected chi connectivity index (χ4v) is 3.80. The zero-order chi connectivity index (χ0) is 17.4. The molecule has 0 aliphatic carbocycles. The smallest absolute Gasteiger partial charge is 0.166 e. The van der Waals surface area contributed by atoms with Crippen LogP contribution in [0.1, 0.15) is 11.1 Å². The maximum Gasteiger partial charge on any atom is 0.417 e. The van der Waals surface area contributed by atoms with E-state index < -0.39 is 23.5 Å². The Balaban J connectivity index is 2.53. The van der Waals surface area contributed by atoms with Crippen molar-refractivity contribution >= 4 is 56.9 Å². The lowest BCUT2D eigenvalue weighted by atomic mass is 10.2.